The van der Waals surface area contributed by atoms with E-state index in [2.05, 4.69) is 10.3 Å². The lowest BCUT2D eigenvalue weighted by atomic mass is 9.99. The van der Waals surface area contributed by atoms with Crippen LogP contribution in [0.15, 0.2) is 60.8 Å². The van der Waals surface area contributed by atoms with Crippen LogP contribution < -0.4 is 5.32 Å². The van der Waals surface area contributed by atoms with Crippen molar-refractivity contribution in [2.24, 2.45) is 0 Å². The van der Waals surface area contributed by atoms with Gasteiger partial charge in [0.1, 0.15) is 11.6 Å². The van der Waals surface area contributed by atoms with Crippen molar-refractivity contribution in [2.75, 3.05) is 5.32 Å². The molecule has 0 fully saturated rings. The second kappa shape index (κ2) is 7.44. The highest BCUT2D eigenvalue weighted by molar-refractivity contribution is 5.95. The highest BCUT2D eigenvalue weighted by atomic mass is 19.1. The molecule has 3 nitrogen and oxygen atoms in total. The lowest BCUT2D eigenvalue weighted by Crippen LogP contribution is -2.19. The van der Waals surface area contributed by atoms with E-state index in [4.69, 9.17) is 0 Å². The van der Waals surface area contributed by atoms with E-state index in [1.807, 2.05) is 31.2 Å². The summed E-state index contributed by atoms with van der Waals surface area (Å²) in [5.41, 5.74) is 3.89. The van der Waals surface area contributed by atoms with Gasteiger partial charge in [-0.1, -0.05) is 12.1 Å². The Bertz CT molecular complexity index is 919. The molecule has 1 N–H and O–H groups in total. The van der Waals surface area contributed by atoms with Gasteiger partial charge < -0.3 is 5.32 Å². The summed E-state index contributed by atoms with van der Waals surface area (Å²) in [6.45, 7) is 3.53. The van der Waals surface area contributed by atoms with Gasteiger partial charge in [-0.2, -0.15) is 0 Å². The summed E-state index contributed by atoms with van der Waals surface area (Å²) >= 11 is 0. The third-order valence-corrected chi connectivity index (χ3v) is 4.16. The minimum Gasteiger partial charge on any atom is -0.326 e. The molecule has 0 radical (unpaired) electrons. The number of aromatic nitrogens is 1. The average molecular weight is 352 g/mol. The van der Waals surface area contributed by atoms with E-state index in [0.29, 0.717) is 11.3 Å². The van der Waals surface area contributed by atoms with Crippen molar-refractivity contribution in [1.29, 1.82) is 0 Å². The van der Waals surface area contributed by atoms with E-state index < -0.39 is 17.6 Å². The summed E-state index contributed by atoms with van der Waals surface area (Å²) in [6, 6.07) is 14.4. The van der Waals surface area contributed by atoms with Crippen molar-refractivity contribution in [1.82, 2.24) is 4.98 Å². The summed E-state index contributed by atoms with van der Waals surface area (Å²) < 4.78 is 26.7. The predicted octanol–water partition coefficient (Wildman–Crippen LogP) is 5.08. The Morgan fingerprint density at radius 3 is 2.23 bits per heavy atom. The molecular weight excluding hydrogens is 334 g/mol. The molecule has 0 bridgehead atoms. The molecule has 3 aromatic rings. The fraction of sp³-hybridized carbons (Fsp3) is 0.143. The number of aryl methyl sites for hydroxylation is 1. The second-order valence-electron chi connectivity index (χ2n) is 6.18. The van der Waals surface area contributed by atoms with Crippen LogP contribution in [0.25, 0.3) is 11.1 Å². The highest BCUT2D eigenvalue weighted by Gasteiger charge is 2.17. The number of rotatable bonds is 4. The maximum atomic E-state index is 13.3. The van der Waals surface area contributed by atoms with Gasteiger partial charge in [0.2, 0.25) is 5.91 Å². The monoisotopic (exact) mass is 352 g/mol. The average Bonchev–Trinajstić information content (AvgIpc) is 2.61. The number of nitrogens with zero attached hydrogens (tertiary/aromatic N) is 1. The van der Waals surface area contributed by atoms with Crippen LogP contribution >= 0.6 is 0 Å². The highest BCUT2D eigenvalue weighted by Crippen LogP contribution is 2.23. The van der Waals surface area contributed by atoms with Crippen molar-refractivity contribution in [2.45, 2.75) is 19.8 Å². The zero-order valence-corrected chi connectivity index (χ0v) is 14.5. The Labute approximate surface area is 150 Å². The van der Waals surface area contributed by atoms with Crippen LogP contribution in [0.4, 0.5) is 14.5 Å². The van der Waals surface area contributed by atoms with Gasteiger partial charge in [0.05, 0.1) is 5.92 Å². The van der Waals surface area contributed by atoms with Gasteiger partial charge in [-0.3, -0.25) is 9.78 Å². The molecule has 26 heavy (non-hydrogen) atoms. The quantitative estimate of drug-likeness (QED) is 0.712. The predicted molar refractivity (Wildman–Crippen MR) is 97.8 cm³/mol. The minimum absolute atomic E-state index is 0.295. The van der Waals surface area contributed by atoms with Crippen molar-refractivity contribution in [3.63, 3.8) is 0 Å². The van der Waals surface area contributed by atoms with Gasteiger partial charge in [-0.05, 0) is 66.9 Å². The number of carbonyl (C=O) groups is 1. The first-order valence-corrected chi connectivity index (χ1v) is 8.22. The van der Waals surface area contributed by atoms with E-state index in [9.17, 15) is 13.6 Å². The molecule has 3 rings (SSSR count). The lowest BCUT2D eigenvalue weighted by Gasteiger charge is -2.13. The Hall–Kier alpha value is -3.08. The first kappa shape index (κ1) is 17.7. The first-order valence-electron chi connectivity index (χ1n) is 8.22. The number of benzene rings is 2. The fourth-order valence-corrected chi connectivity index (χ4v) is 2.70. The fourth-order valence-electron chi connectivity index (χ4n) is 2.70. The van der Waals surface area contributed by atoms with Gasteiger partial charge in [-0.25, -0.2) is 8.78 Å². The van der Waals surface area contributed by atoms with Gasteiger partial charge in [-0.15, -0.1) is 0 Å². The van der Waals surface area contributed by atoms with Crippen LogP contribution in [-0.4, -0.2) is 10.9 Å². The molecule has 0 aliphatic heterocycles. The van der Waals surface area contributed by atoms with E-state index in [1.54, 1.807) is 25.3 Å². The van der Waals surface area contributed by atoms with E-state index in [1.165, 1.54) is 12.1 Å². The standard InChI is InChI=1S/C21H18F2N2O/c1-13-9-16(7-8-24-13)15-3-5-20(6-4-15)25-21(26)14(2)17-10-18(22)12-19(23)11-17/h3-12,14H,1-2H3,(H,25,26)/t14-/m1/s1. The molecule has 0 aliphatic rings. The summed E-state index contributed by atoms with van der Waals surface area (Å²) in [5.74, 6) is -2.40. The molecule has 0 spiro atoms. The van der Waals surface area contributed by atoms with Crippen molar-refractivity contribution in [3.05, 3.63) is 83.7 Å². The Kier molecular flexibility index (Phi) is 5.07. The number of pyridine rings is 1. The van der Waals surface area contributed by atoms with Gasteiger partial charge >= 0.3 is 0 Å². The third kappa shape index (κ3) is 4.11. The minimum atomic E-state index is -0.698. The van der Waals surface area contributed by atoms with E-state index >= 15 is 0 Å². The van der Waals surface area contributed by atoms with Crippen LogP contribution in [0.2, 0.25) is 0 Å². The van der Waals surface area contributed by atoms with Crippen LogP contribution in [0, 0.1) is 18.6 Å². The molecule has 5 heteroatoms. The maximum Gasteiger partial charge on any atom is 0.231 e. The summed E-state index contributed by atoms with van der Waals surface area (Å²) in [7, 11) is 0. The molecule has 0 saturated carbocycles. The SMILES string of the molecule is Cc1cc(-c2ccc(NC(=O)[C@H](C)c3cc(F)cc(F)c3)cc2)ccn1. The van der Waals surface area contributed by atoms with Crippen molar-refractivity contribution >= 4 is 11.6 Å². The van der Waals surface area contributed by atoms with Crippen molar-refractivity contribution in [3.8, 4) is 11.1 Å². The first-order chi connectivity index (χ1) is 12.4. The third-order valence-electron chi connectivity index (χ3n) is 4.16. The van der Waals surface area contributed by atoms with Crippen LogP contribution in [-0.2, 0) is 4.79 Å². The number of hydrogen-bond donors (Lipinski definition) is 1. The van der Waals surface area contributed by atoms with Crippen LogP contribution in [0.1, 0.15) is 24.1 Å². The van der Waals surface area contributed by atoms with Gasteiger partial charge in [0, 0.05) is 23.6 Å². The van der Waals surface area contributed by atoms with Gasteiger partial charge in [0.15, 0.2) is 0 Å². The molecule has 1 atom stereocenters. The Morgan fingerprint density at radius 2 is 1.62 bits per heavy atom. The molecule has 132 valence electrons. The lowest BCUT2D eigenvalue weighted by molar-refractivity contribution is -0.117. The van der Waals surface area contributed by atoms with E-state index in [0.717, 1.165) is 22.9 Å². The summed E-state index contributed by atoms with van der Waals surface area (Å²) in [4.78, 5) is 16.5. The normalized spacial score (nSPS) is 11.8. The van der Waals surface area contributed by atoms with Crippen LogP contribution in [0.5, 0.6) is 0 Å². The molecular formula is C21H18F2N2O. The smallest absolute Gasteiger partial charge is 0.231 e. The Balaban J connectivity index is 1.73. The molecule has 2 aromatic carbocycles. The number of amides is 1. The summed E-state index contributed by atoms with van der Waals surface area (Å²) in [5, 5.41) is 2.77. The number of carbonyl (C=O) groups excluding carboxylic acids is 1. The van der Waals surface area contributed by atoms with Gasteiger partial charge in [0.25, 0.3) is 0 Å². The Morgan fingerprint density at radius 1 is 0.962 bits per heavy atom. The molecule has 0 unspecified atom stereocenters. The molecule has 1 amide bonds. The van der Waals surface area contributed by atoms with Crippen molar-refractivity contribution < 1.29 is 13.6 Å². The van der Waals surface area contributed by atoms with Crippen LogP contribution in [0.3, 0.4) is 0 Å². The molecule has 0 aliphatic carbocycles. The zero-order valence-electron chi connectivity index (χ0n) is 14.5. The summed E-state index contributed by atoms with van der Waals surface area (Å²) in [6.07, 6.45) is 1.75. The number of nitrogens with one attached hydrogen (secondary N) is 1. The topological polar surface area (TPSA) is 42.0 Å². The van der Waals surface area contributed by atoms with E-state index in [-0.39, 0.29) is 5.91 Å². The number of halogens is 2. The number of anilines is 1. The molecule has 1 aromatic heterocycles. The molecule has 1 heterocycles. The largest absolute Gasteiger partial charge is 0.326 e. The maximum absolute atomic E-state index is 13.3. The molecule has 0 saturated heterocycles. The zero-order chi connectivity index (χ0) is 18.7. The number of hydrogen-bond acceptors (Lipinski definition) is 2. The second-order valence-corrected chi connectivity index (χ2v) is 6.18.